The molecule has 0 saturated carbocycles. The molecular formula is C12H12O2. The lowest BCUT2D eigenvalue weighted by Gasteiger charge is -2.11. The molecule has 2 heteroatoms. The molecule has 1 aromatic carbocycles. The SMILES string of the molecule is C#CCC(CC(=O)O)c1ccccc1. The van der Waals surface area contributed by atoms with E-state index in [1.807, 2.05) is 30.3 Å². The number of hydrogen-bond acceptors (Lipinski definition) is 1. The summed E-state index contributed by atoms with van der Waals surface area (Å²) in [5.74, 6) is 1.63. The highest BCUT2D eigenvalue weighted by molar-refractivity contribution is 5.68. The van der Waals surface area contributed by atoms with E-state index in [0.717, 1.165) is 5.56 Å². The highest BCUT2D eigenvalue weighted by atomic mass is 16.4. The smallest absolute Gasteiger partial charge is 0.303 e. The number of carbonyl (C=O) groups is 1. The molecule has 2 nitrogen and oxygen atoms in total. The number of aliphatic carboxylic acids is 1. The zero-order chi connectivity index (χ0) is 10.4. The second kappa shape index (κ2) is 5.08. The maximum Gasteiger partial charge on any atom is 0.303 e. The minimum Gasteiger partial charge on any atom is -0.481 e. The van der Waals surface area contributed by atoms with Crippen LogP contribution in [0.15, 0.2) is 30.3 Å². The lowest BCUT2D eigenvalue weighted by molar-refractivity contribution is -0.137. The van der Waals surface area contributed by atoms with Crippen LogP contribution in [-0.2, 0) is 4.79 Å². The Morgan fingerprint density at radius 2 is 2.07 bits per heavy atom. The van der Waals surface area contributed by atoms with Gasteiger partial charge in [0.2, 0.25) is 0 Å². The number of rotatable bonds is 4. The van der Waals surface area contributed by atoms with Crippen LogP contribution in [0.3, 0.4) is 0 Å². The number of terminal acetylenes is 1. The first-order valence-corrected chi connectivity index (χ1v) is 4.44. The summed E-state index contributed by atoms with van der Waals surface area (Å²) >= 11 is 0. The molecule has 0 spiro atoms. The molecule has 1 aromatic rings. The highest BCUT2D eigenvalue weighted by Crippen LogP contribution is 2.22. The van der Waals surface area contributed by atoms with E-state index in [2.05, 4.69) is 5.92 Å². The van der Waals surface area contributed by atoms with Crippen molar-refractivity contribution in [2.45, 2.75) is 18.8 Å². The van der Waals surface area contributed by atoms with Gasteiger partial charge < -0.3 is 5.11 Å². The molecule has 0 aromatic heterocycles. The molecule has 0 saturated heterocycles. The lowest BCUT2D eigenvalue weighted by atomic mass is 9.93. The number of carboxylic acid groups (broad SMARTS) is 1. The van der Waals surface area contributed by atoms with Gasteiger partial charge in [-0.2, -0.15) is 0 Å². The largest absolute Gasteiger partial charge is 0.481 e. The van der Waals surface area contributed by atoms with Crippen LogP contribution in [0.2, 0.25) is 0 Å². The van der Waals surface area contributed by atoms with Gasteiger partial charge in [-0.25, -0.2) is 0 Å². The second-order valence-electron chi connectivity index (χ2n) is 3.11. The van der Waals surface area contributed by atoms with Crippen LogP contribution in [0.5, 0.6) is 0 Å². The van der Waals surface area contributed by atoms with Crippen LogP contribution < -0.4 is 0 Å². The van der Waals surface area contributed by atoms with Crippen molar-refractivity contribution in [1.29, 1.82) is 0 Å². The Bertz CT molecular complexity index is 335. The summed E-state index contributed by atoms with van der Waals surface area (Å²) in [5.41, 5.74) is 0.993. The molecule has 0 aliphatic carbocycles. The Morgan fingerprint density at radius 1 is 1.43 bits per heavy atom. The second-order valence-corrected chi connectivity index (χ2v) is 3.11. The summed E-state index contributed by atoms with van der Waals surface area (Å²) in [6, 6.07) is 9.49. The van der Waals surface area contributed by atoms with Crippen molar-refractivity contribution in [1.82, 2.24) is 0 Å². The van der Waals surface area contributed by atoms with Gasteiger partial charge in [0.25, 0.3) is 0 Å². The molecule has 0 amide bonds. The van der Waals surface area contributed by atoms with Gasteiger partial charge in [0.1, 0.15) is 0 Å². The fourth-order valence-electron chi connectivity index (χ4n) is 1.39. The van der Waals surface area contributed by atoms with Crippen molar-refractivity contribution in [3.8, 4) is 12.3 Å². The van der Waals surface area contributed by atoms with Crippen LogP contribution in [0.1, 0.15) is 24.3 Å². The van der Waals surface area contributed by atoms with Gasteiger partial charge in [-0.15, -0.1) is 12.3 Å². The molecule has 1 N–H and O–H groups in total. The van der Waals surface area contributed by atoms with Crippen LogP contribution in [0.25, 0.3) is 0 Å². The minimum absolute atomic E-state index is 0.0706. The van der Waals surface area contributed by atoms with Gasteiger partial charge in [-0.05, 0) is 5.56 Å². The van der Waals surface area contributed by atoms with Gasteiger partial charge in [0.15, 0.2) is 0 Å². The number of hydrogen-bond donors (Lipinski definition) is 1. The molecule has 1 unspecified atom stereocenters. The topological polar surface area (TPSA) is 37.3 Å². The van der Waals surface area contributed by atoms with Crippen molar-refractivity contribution in [2.75, 3.05) is 0 Å². The first kappa shape index (κ1) is 10.3. The highest BCUT2D eigenvalue weighted by Gasteiger charge is 2.13. The van der Waals surface area contributed by atoms with E-state index in [1.54, 1.807) is 0 Å². The Labute approximate surface area is 83.6 Å². The molecule has 0 fully saturated rings. The van der Waals surface area contributed by atoms with Crippen molar-refractivity contribution < 1.29 is 9.90 Å². The average Bonchev–Trinajstić information content (AvgIpc) is 2.18. The summed E-state index contributed by atoms with van der Waals surface area (Å²) in [6.07, 6.45) is 5.76. The van der Waals surface area contributed by atoms with Crippen LogP contribution in [0, 0.1) is 12.3 Å². The summed E-state index contributed by atoms with van der Waals surface area (Å²) in [4.78, 5) is 10.6. The first-order chi connectivity index (χ1) is 6.74. The van der Waals surface area contributed by atoms with E-state index in [0.29, 0.717) is 6.42 Å². The standard InChI is InChI=1S/C12H12O2/c1-2-6-11(9-12(13)14)10-7-4-3-5-8-10/h1,3-5,7-8,11H,6,9H2,(H,13,14). The van der Waals surface area contributed by atoms with Crippen LogP contribution in [-0.4, -0.2) is 11.1 Å². The Balaban J connectivity index is 2.78. The molecule has 72 valence electrons. The van der Waals surface area contributed by atoms with Crippen LogP contribution in [0.4, 0.5) is 0 Å². The molecule has 0 bridgehead atoms. The molecule has 0 radical (unpaired) electrons. The van der Waals surface area contributed by atoms with E-state index < -0.39 is 5.97 Å². The zero-order valence-corrected chi connectivity index (χ0v) is 7.81. The van der Waals surface area contributed by atoms with Gasteiger partial charge in [0.05, 0.1) is 6.42 Å². The fraction of sp³-hybridized carbons (Fsp3) is 0.250. The predicted octanol–water partition coefficient (Wildman–Crippen LogP) is 2.27. The number of benzene rings is 1. The van der Waals surface area contributed by atoms with E-state index in [9.17, 15) is 4.79 Å². The van der Waals surface area contributed by atoms with E-state index in [-0.39, 0.29) is 12.3 Å². The normalized spacial score (nSPS) is 11.6. The molecule has 1 rings (SSSR count). The van der Waals surface area contributed by atoms with Crippen molar-refractivity contribution in [3.05, 3.63) is 35.9 Å². The van der Waals surface area contributed by atoms with Gasteiger partial charge in [-0.1, -0.05) is 30.3 Å². The average molecular weight is 188 g/mol. The third kappa shape index (κ3) is 2.95. The first-order valence-electron chi connectivity index (χ1n) is 4.44. The van der Waals surface area contributed by atoms with Gasteiger partial charge in [0, 0.05) is 12.3 Å². The van der Waals surface area contributed by atoms with E-state index in [4.69, 9.17) is 11.5 Å². The van der Waals surface area contributed by atoms with Crippen molar-refractivity contribution in [3.63, 3.8) is 0 Å². The summed E-state index contributed by atoms with van der Waals surface area (Å²) in [5, 5.41) is 8.70. The molecule has 0 aliphatic rings. The number of carboxylic acids is 1. The summed E-state index contributed by atoms with van der Waals surface area (Å²) in [6.45, 7) is 0. The molecule has 0 aliphatic heterocycles. The van der Waals surface area contributed by atoms with Crippen LogP contribution >= 0.6 is 0 Å². The minimum atomic E-state index is -0.811. The predicted molar refractivity (Wildman–Crippen MR) is 54.9 cm³/mol. The van der Waals surface area contributed by atoms with Gasteiger partial charge in [-0.3, -0.25) is 4.79 Å². The maximum atomic E-state index is 10.6. The molecule has 0 heterocycles. The quantitative estimate of drug-likeness (QED) is 0.736. The Hall–Kier alpha value is -1.75. The Kier molecular flexibility index (Phi) is 3.75. The summed E-state index contributed by atoms with van der Waals surface area (Å²) < 4.78 is 0. The van der Waals surface area contributed by atoms with Crippen molar-refractivity contribution in [2.24, 2.45) is 0 Å². The third-order valence-electron chi connectivity index (χ3n) is 2.06. The lowest BCUT2D eigenvalue weighted by Crippen LogP contribution is -2.05. The maximum absolute atomic E-state index is 10.6. The zero-order valence-electron chi connectivity index (χ0n) is 7.81. The van der Waals surface area contributed by atoms with E-state index >= 15 is 0 Å². The summed E-state index contributed by atoms with van der Waals surface area (Å²) in [7, 11) is 0. The Morgan fingerprint density at radius 3 is 2.57 bits per heavy atom. The fourth-order valence-corrected chi connectivity index (χ4v) is 1.39. The molecule has 14 heavy (non-hydrogen) atoms. The monoisotopic (exact) mass is 188 g/mol. The van der Waals surface area contributed by atoms with Crippen molar-refractivity contribution >= 4 is 5.97 Å². The molecular weight excluding hydrogens is 176 g/mol. The molecule has 1 atom stereocenters. The third-order valence-corrected chi connectivity index (χ3v) is 2.06. The van der Waals surface area contributed by atoms with Gasteiger partial charge >= 0.3 is 5.97 Å². The van der Waals surface area contributed by atoms with E-state index in [1.165, 1.54) is 0 Å².